The van der Waals surface area contributed by atoms with Crippen LogP contribution in [0.3, 0.4) is 0 Å². The predicted molar refractivity (Wildman–Crippen MR) is 93.6 cm³/mol. The molecule has 3 rings (SSSR count). The zero-order valence-corrected chi connectivity index (χ0v) is 14.3. The molecule has 24 heavy (non-hydrogen) atoms. The molecule has 0 aliphatic carbocycles. The molecule has 0 radical (unpaired) electrons. The molecule has 122 valence electrons. The summed E-state index contributed by atoms with van der Waals surface area (Å²) >= 11 is 12.4. The number of methoxy groups -OCH3 is 1. The van der Waals surface area contributed by atoms with Gasteiger partial charge < -0.3 is 9.84 Å². The standard InChI is InChI=1S/C18H14Cl2N2O2/c1-24-15-6-7-16(17(20)8-15)18(23,13-9-21-11-22-10-13)12-2-4-14(19)5-3-12/h2-11,23H,1H3. The van der Waals surface area contributed by atoms with Gasteiger partial charge in [-0.05, 0) is 29.8 Å². The molecule has 0 spiro atoms. The molecule has 1 N–H and O–H groups in total. The molecule has 4 nitrogen and oxygen atoms in total. The molecule has 1 aromatic heterocycles. The maximum absolute atomic E-state index is 11.6. The van der Waals surface area contributed by atoms with E-state index in [9.17, 15) is 5.11 Å². The Hall–Kier alpha value is -2.14. The number of ether oxygens (including phenoxy) is 1. The minimum atomic E-state index is -1.52. The van der Waals surface area contributed by atoms with Crippen LogP contribution in [0.5, 0.6) is 5.75 Å². The summed E-state index contributed by atoms with van der Waals surface area (Å²) in [7, 11) is 1.56. The topological polar surface area (TPSA) is 55.2 Å². The summed E-state index contributed by atoms with van der Waals surface area (Å²) in [6.07, 6.45) is 4.52. The molecule has 0 fully saturated rings. The molecule has 0 bridgehead atoms. The average Bonchev–Trinajstić information content (AvgIpc) is 2.62. The smallest absolute Gasteiger partial charge is 0.144 e. The van der Waals surface area contributed by atoms with E-state index in [4.69, 9.17) is 27.9 Å². The Morgan fingerprint density at radius 3 is 2.21 bits per heavy atom. The van der Waals surface area contributed by atoms with E-state index in [-0.39, 0.29) is 0 Å². The van der Waals surface area contributed by atoms with Crippen LogP contribution >= 0.6 is 23.2 Å². The van der Waals surface area contributed by atoms with Crippen molar-refractivity contribution >= 4 is 23.2 Å². The van der Waals surface area contributed by atoms with Gasteiger partial charge in [0, 0.05) is 28.5 Å². The van der Waals surface area contributed by atoms with E-state index in [1.807, 2.05) is 0 Å². The van der Waals surface area contributed by atoms with Crippen molar-refractivity contribution in [3.63, 3.8) is 0 Å². The van der Waals surface area contributed by atoms with Crippen LogP contribution in [0.25, 0.3) is 0 Å². The molecular weight excluding hydrogens is 347 g/mol. The van der Waals surface area contributed by atoms with Gasteiger partial charge in [0.25, 0.3) is 0 Å². The second kappa shape index (κ2) is 6.77. The van der Waals surface area contributed by atoms with E-state index in [0.717, 1.165) is 0 Å². The van der Waals surface area contributed by atoms with Crippen molar-refractivity contribution in [2.24, 2.45) is 0 Å². The molecule has 2 aromatic carbocycles. The number of hydrogen-bond acceptors (Lipinski definition) is 4. The maximum Gasteiger partial charge on any atom is 0.144 e. The highest BCUT2D eigenvalue weighted by Crippen LogP contribution is 2.40. The number of aromatic nitrogens is 2. The first-order valence-corrected chi connectivity index (χ1v) is 7.89. The van der Waals surface area contributed by atoms with Gasteiger partial charge in [0.1, 0.15) is 17.7 Å². The van der Waals surface area contributed by atoms with Crippen molar-refractivity contribution in [1.82, 2.24) is 9.97 Å². The van der Waals surface area contributed by atoms with Crippen LogP contribution in [0.4, 0.5) is 0 Å². The van der Waals surface area contributed by atoms with E-state index in [1.165, 1.54) is 6.33 Å². The highest BCUT2D eigenvalue weighted by Gasteiger charge is 2.36. The molecule has 1 atom stereocenters. The van der Waals surface area contributed by atoms with Gasteiger partial charge in [-0.2, -0.15) is 0 Å². The van der Waals surface area contributed by atoms with Gasteiger partial charge >= 0.3 is 0 Å². The van der Waals surface area contributed by atoms with Gasteiger partial charge in [-0.1, -0.05) is 41.4 Å². The molecular formula is C18H14Cl2N2O2. The fourth-order valence-electron chi connectivity index (χ4n) is 2.57. The van der Waals surface area contributed by atoms with Crippen molar-refractivity contribution in [3.8, 4) is 5.75 Å². The van der Waals surface area contributed by atoms with Crippen LogP contribution in [0.2, 0.25) is 10.0 Å². The fraction of sp³-hybridized carbons (Fsp3) is 0.111. The molecule has 6 heteroatoms. The Morgan fingerprint density at radius 2 is 1.62 bits per heavy atom. The lowest BCUT2D eigenvalue weighted by atomic mass is 9.81. The molecule has 1 unspecified atom stereocenters. The normalized spacial score (nSPS) is 13.3. The van der Waals surface area contributed by atoms with E-state index in [1.54, 1.807) is 62.0 Å². The molecule has 3 aromatic rings. The lowest BCUT2D eigenvalue weighted by Gasteiger charge is -2.30. The Labute approximate surface area is 149 Å². The molecule has 0 saturated heterocycles. The summed E-state index contributed by atoms with van der Waals surface area (Å²) in [5.41, 5.74) is 0.0881. The van der Waals surface area contributed by atoms with Gasteiger partial charge in [-0.25, -0.2) is 9.97 Å². The average molecular weight is 361 g/mol. The third kappa shape index (κ3) is 2.96. The van der Waals surface area contributed by atoms with Crippen molar-refractivity contribution in [1.29, 1.82) is 0 Å². The third-order valence-electron chi connectivity index (χ3n) is 3.81. The number of benzene rings is 2. The van der Waals surface area contributed by atoms with E-state index in [2.05, 4.69) is 9.97 Å². The zero-order chi connectivity index (χ0) is 17.2. The second-order valence-corrected chi connectivity index (χ2v) is 6.03. The maximum atomic E-state index is 11.6. The molecule has 0 aliphatic heterocycles. The summed E-state index contributed by atoms with van der Waals surface area (Å²) in [6.45, 7) is 0. The van der Waals surface area contributed by atoms with Gasteiger partial charge in [-0.3, -0.25) is 0 Å². The number of hydrogen-bond donors (Lipinski definition) is 1. The highest BCUT2D eigenvalue weighted by molar-refractivity contribution is 6.31. The first-order valence-electron chi connectivity index (χ1n) is 7.13. The summed E-state index contributed by atoms with van der Waals surface area (Å²) in [4.78, 5) is 8.04. The first-order chi connectivity index (χ1) is 11.6. The Morgan fingerprint density at radius 1 is 0.958 bits per heavy atom. The predicted octanol–water partition coefficient (Wildman–Crippen LogP) is 4.08. The summed E-state index contributed by atoms with van der Waals surface area (Å²) in [6, 6.07) is 12.0. The SMILES string of the molecule is COc1ccc(C(O)(c2ccc(Cl)cc2)c2cncnc2)c(Cl)c1. The lowest BCUT2D eigenvalue weighted by molar-refractivity contribution is 0.125. The van der Waals surface area contributed by atoms with Crippen molar-refractivity contribution < 1.29 is 9.84 Å². The van der Waals surface area contributed by atoms with Crippen molar-refractivity contribution in [2.45, 2.75) is 5.60 Å². The summed E-state index contributed by atoms with van der Waals surface area (Å²) in [5.74, 6) is 0.603. The van der Waals surface area contributed by atoms with Gasteiger partial charge in [0.15, 0.2) is 0 Å². The van der Waals surface area contributed by atoms with Crippen LogP contribution in [-0.4, -0.2) is 22.2 Å². The number of nitrogens with zero attached hydrogens (tertiary/aromatic N) is 2. The van der Waals surface area contributed by atoms with Gasteiger partial charge in [-0.15, -0.1) is 0 Å². The minimum absolute atomic E-state index is 0.371. The Balaban J connectivity index is 2.25. The van der Waals surface area contributed by atoms with Gasteiger partial charge in [0.2, 0.25) is 0 Å². The van der Waals surface area contributed by atoms with Crippen molar-refractivity contribution in [2.75, 3.05) is 7.11 Å². The van der Waals surface area contributed by atoms with Crippen molar-refractivity contribution in [3.05, 3.63) is 87.9 Å². The first kappa shape index (κ1) is 16.7. The third-order valence-corrected chi connectivity index (χ3v) is 4.37. The van der Waals surface area contributed by atoms with E-state index >= 15 is 0 Å². The van der Waals surface area contributed by atoms with Crippen LogP contribution in [0.1, 0.15) is 16.7 Å². The summed E-state index contributed by atoms with van der Waals surface area (Å²) < 4.78 is 5.18. The molecule has 0 saturated carbocycles. The van der Waals surface area contributed by atoms with Crippen LogP contribution in [0.15, 0.2) is 61.2 Å². The quantitative estimate of drug-likeness (QED) is 0.761. The number of halogens is 2. The lowest BCUT2D eigenvalue weighted by Crippen LogP contribution is -2.29. The molecule has 0 amide bonds. The Bertz CT molecular complexity index is 841. The number of aliphatic hydroxyl groups is 1. The number of rotatable bonds is 4. The second-order valence-electron chi connectivity index (χ2n) is 5.19. The van der Waals surface area contributed by atoms with E-state index < -0.39 is 5.60 Å². The fourth-order valence-corrected chi connectivity index (χ4v) is 3.00. The van der Waals surface area contributed by atoms with Crippen LogP contribution in [0, 0.1) is 0 Å². The van der Waals surface area contributed by atoms with Crippen LogP contribution < -0.4 is 4.74 Å². The molecule has 1 heterocycles. The molecule has 0 aliphatic rings. The monoisotopic (exact) mass is 360 g/mol. The minimum Gasteiger partial charge on any atom is -0.497 e. The Kier molecular flexibility index (Phi) is 4.71. The van der Waals surface area contributed by atoms with Gasteiger partial charge in [0.05, 0.1) is 12.1 Å². The van der Waals surface area contributed by atoms with E-state index in [0.29, 0.717) is 32.5 Å². The zero-order valence-electron chi connectivity index (χ0n) is 12.8. The largest absolute Gasteiger partial charge is 0.497 e. The highest BCUT2D eigenvalue weighted by atomic mass is 35.5. The van der Waals surface area contributed by atoms with Crippen LogP contribution in [-0.2, 0) is 5.60 Å². The summed E-state index contributed by atoms with van der Waals surface area (Å²) in [5, 5.41) is 12.6.